The lowest BCUT2D eigenvalue weighted by molar-refractivity contribution is -0.870. The highest BCUT2D eigenvalue weighted by Crippen LogP contribution is 2.43. The Morgan fingerprint density at radius 1 is 0.542 bits per heavy atom. The second-order valence-corrected chi connectivity index (χ2v) is 17.9. The molecule has 0 fully saturated rings. The van der Waals surface area contributed by atoms with Gasteiger partial charge in [0, 0.05) is 13.0 Å². The average Bonchev–Trinajstić information content (AvgIpc) is 3.19. The van der Waals surface area contributed by atoms with E-state index in [1.54, 1.807) is 0 Å². The third-order valence-corrected chi connectivity index (χ3v) is 10.4. The van der Waals surface area contributed by atoms with E-state index in [1.165, 1.54) is 51.4 Å². The predicted octanol–water partition coefficient (Wildman–Crippen LogP) is 14.1. The largest absolute Gasteiger partial charge is 0.472 e. The van der Waals surface area contributed by atoms with Crippen LogP contribution in [0.2, 0.25) is 0 Å². The number of unbranched alkanes of at least 4 members (excludes halogenated alkanes) is 14. The highest BCUT2D eigenvalue weighted by Gasteiger charge is 2.26. The fraction of sp³-hybridized carbons (Fsp3) is 0.700. The molecule has 0 aliphatic carbocycles. The molecule has 1 N–H and O–H groups in total. The summed E-state index contributed by atoms with van der Waals surface area (Å²) in [6.07, 6.45) is 56.1. The molecule has 0 amide bonds. The molecular weight excluding hydrogens is 758 g/mol. The summed E-state index contributed by atoms with van der Waals surface area (Å²) in [5, 5.41) is 0. The summed E-state index contributed by atoms with van der Waals surface area (Å²) in [7, 11) is 1.63. The predicted molar refractivity (Wildman–Crippen MR) is 251 cm³/mol. The van der Waals surface area contributed by atoms with Gasteiger partial charge in [-0.2, -0.15) is 0 Å². The number of allylic oxidation sites excluding steroid dienone is 14. The van der Waals surface area contributed by atoms with Gasteiger partial charge in [-0.15, -0.1) is 0 Å². The number of carbonyl (C=O) groups is 1. The molecular formula is C50H89NO7P+. The second kappa shape index (κ2) is 42.4. The van der Waals surface area contributed by atoms with Gasteiger partial charge in [0.1, 0.15) is 19.3 Å². The summed E-state index contributed by atoms with van der Waals surface area (Å²) in [5.41, 5.74) is 0. The minimum absolute atomic E-state index is 0.0769. The molecule has 9 heteroatoms. The van der Waals surface area contributed by atoms with Crippen molar-refractivity contribution in [2.45, 2.75) is 174 Å². The van der Waals surface area contributed by atoms with Gasteiger partial charge in [0.25, 0.3) is 0 Å². The Bertz CT molecular complexity index is 1210. The van der Waals surface area contributed by atoms with Crippen LogP contribution in [0.15, 0.2) is 85.1 Å². The van der Waals surface area contributed by atoms with Gasteiger partial charge in [0.2, 0.25) is 0 Å². The SMILES string of the molecule is CC/C=C\C/C=C\C/C=C\C/C=C\CCCCCCCOCC(COP(=O)(O)OCC[N+](C)(C)C)OC(=O)CCCCCCCC/C=C\C/C=C\C/C=C\CCCCC. The zero-order valence-corrected chi connectivity index (χ0v) is 39.4. The van der Waals surface area contributed by atoms with Gasteiger partial charge in [-0.25, -0.2) is 4.57 Å². The quantitative estimate of drug-likeness (QED) is 0.0215. The van der Waals surface area contributed by atoms with Crippen molar-refractivity contribution in [3.8, 4) is 0 Å². The summed E-state index contributed by atoms with van der Waals surface area (Å²) in [5.74, 6) is -0.337. The van der Waals surface area contributed by atoms with Crippen LogP contribution in [0.5, 0.6) is 0 Å². The molecule has 59 heavy (non-hydrogen) atoms. The first-order valence-corrected chi connectivity index (χ1v) is 24.8. The molecule has 8 nitrogen and oxygen atoms in total. The van der Waals surface area contributed by atoms with Gasteiger partial charge in [-0.1, -0.05) is 157 Å². The minimum Gasteiger partial charge on any atom is -0.457 e. The van der Waals surface area contributed by atoms with E-state index in [0.29, 0.717) is 24.1 Å². The summed E-state index contributed by atoms with van der Waals surface area (Å²) in [4.78, 5) is 22.9. The normalized spacial score (nSPS) is 14.5. The Kier molecular flexibility index (Phi) is 40.7. The Hall–Kier alpha value is -2.32. The molecule has 0 rings (SSSR count). The van der Waals surface area contributed by atoms with Gasteiger partial charge in [0.05, 0.1) is 34.4 Å². The number of ether oxygens (including phenoxy) is 2. The molecule has 2 atom stereocenters. The Labute approximate surface area is 363 Å². The van der Waals surface area contributed by atoms with Crippen LogP contribution >= 0.6 is 7.82 Å². The van der Waals surface area contributed by atoms with E-state index in [4.69, 9.17) is 18.5 Å². The molecule has 0 aliphatic rings. The van der Waals surface area contributed by atoms with Crippen LogP contribution in [-0.2, 0) is 27.9 Å². The summed E-state index contributed by atoms with van der Waals surface area (Å²) in [6.45, 7) is 5.40. The smallest absolute Gasteiger partial charge is 0.457 e. The number of rotatable bonds is 42. The highest BCUT2D eigenvalue weighted by molar-refractivity contribution is 7.47. The van der Waals surface area contributed by atoms with E-state index < -0.39 is 13.9 Å². The summed E-state index contributed by atoms with van der Waals surface area (Å²) < 4.78 is 35.0. The average molecular weight is 847 g/mol. The molecule has 0 radical (unpaired) electrons. The van der Waals surface area contributed by atoms with E-state index in [-0.39, 0.29) is 25.8 Å². The zero-order chi connectivity index (χ0) is 43.4. The zero-order valence-electron chi connectivity index (χ0n) is 38.5. The monoisotopic (exact) mass is 847 g/mol. The maximum Gasteiger partial charge on any atom is 0.472 e. The van der Waals surface area contributed by atoms with Crippen LogP contribution in [-0.4, -0.2) is 75.6 Å². The lowest BCUT2D eigenvalue weighted by Gasteiger charge is -2.24. The molecule has 0 bridgehead atoms. The van der Waals surface area contributed by atoms with Gasteiger partial charge < -0.3 is 18.9 Å². The molecule has 0 spiro atoms. The topological polar surface area (TPSA) is 91.3 Å². The molecule has 0 aromatic heterocycles. The molecule has 0 aliphatic heterocycles. The minimum atomic E-state index is -4.29. The molecule has 0 saturated carbocycles. The lowest BCUT2D eigenvalue weighted by Crippen LogP contribution is -2.37. The van der Waals surface area contributed by atoms with Crippen molar-refractivity contribution in [3.63, 3.8) is 0 Å². The maximum atomic E-state index is 12.7. The number of likely N-dealkylation sites (N-methyl/N-ethyl adjacent to an activating group) is 1. The number of phosphoric ester groups is 1. The number of hydrogen-bond acceptors (Lipinski definition) is 6. The van der Waals surface area contributed by atoms with Gasteiger partial charge >= 0.3 is 13.8 Å². The molecule has 0 heterocycles. The maximum absolute atomic E-state index is 12.7. The summed E-state index contributed by atoms with van der Waals surface area (Å²) >= 11 is 0. The number of esters is 1. The number of hydrogen-bond donors (Lipinski definition) is 1. The van der Waals surface area contributed by atoms with Crippen LogP contribution in [0.4, 0.5) is 0 Å². The third kappa shape index (κ3) is 46.6. The van der Waals surface area contributed by atoms with Crippen LogP contribution in [0.25, 0.3) is 0 Å². The molecule has 0 aromatic carbocycles. The van der Waals surface area contributed by atoms with Crippen molar-refractivity contribution in [1.82, 2.24) is 0 Å². The summed E-state index contributed by atoms with van der Waals surface area (Å²) in [6, 6.07) is 0. The van der Waals surface area contributed by atoms with Crippen molar-refractivity contribution < 1.29 is 37.3 Å². The first kappa shape index (κ1) is 56.7. The van der Waals surface area contributed by atoms with Crippen LogP contribution < -0.4 is 0 Å². The Balaban J connectivity index is 4.29. The molecule has 2 unspecified atom stereocenters. The standard InChI is InChI=1S/C50H88NO7P/c1-6-8-10-12-14-16-18-20-22-24-26-27-29-31-33-35-37-39-41-43-50(52)58-49(48-57-59(53,54)56-46-44-51(3,4)5)47-55-45-42-40-38-36-34-32-30-28-25-23-21-19-17-15-13-11-9-7-2/h9,11,14-17,20-23,26-28,30,49H,6-8,10,12-13,18-19,24-25,29,31-48H2,1-5H3/p+1/b11-9-,16-14-,17-15-,22-20-,23-21-,27-26-,30-28-. The van der Waals surface area contributed by atoms with E-state index in [1.807, 2.05) is 21.1 Å². The van der Waals surface area contributed by atoms with Gasteiger partial charge in [-0.3, -0.25) is 13.8 Å². The van der Waals surface area contributed by atoms with Crippen LogP contribution in [0, 0.1) is 0 Å². The Morgan fingerprint density at radius 3 is 1.47 bits per heavy atom. The van der Waals surface area contributed by atoms with E-state index >= 15 is 0 Å². The molecule has 0 aromatic rings. The third-order valence-electron chi connectivity index (χ3n) is 9.44. The second-order valence-electron chi connectivity index (χ2n) is 16.4. The highest BCUT2D eigenvalue weighted by atomic mass is 31.2. The fourth-order valence-electron chi connectivity index (χ4n) is 5.84. The van der Waals surface area contributed by atoms with Crippen molar-refractivity contribution in [2.24, 2.45) is 0 Å². The van der Waals surface area contributed by atoms with E-state index in [0.717, 1.165) is 96.3 Å². The van der Waals surface area contributed by atoms with Crippen LogP contribution in [0.3, 0.4) is 0 Å². The van der Waals surface area contributed by atoms with Crippen molar-refractivity contribution >= 4 is 13.8 Å². The Morgan fingerprint density at radius 2 is 0.983 bits per heavy atom. The molecule has 0 saturated heterocycles. The number of phosphoric acid groups is 1. The van der Waals surface area contributed by atoms with Crippen molar-refractivity contribution in [2.75, 3.05) is 54.1 Å². The lowest BCUT2D eigenvalue weighted by atomic mass is 10.1. The number of carbonyl (C=O) groups excluding carboxylic acids is 1. The first-order valence-electron chi connectivity index (χ1n) is 23.3. The van der Waals surface area contributed by atoms with E-state index in [9.17, 15) is 14.3 Å². The van der Waals surface area contributed by atoms with Gasteiger partial charge in [0.15, 0.2) is 0 Å². The number of quaternary nitrogens is 1. The van der Waals surface area contributed by atoms with Gasteiger partial charge in [-0.05, 0) is 89.9 Å². The first-order chi connectivity index (χ1) is 28.6. The van der Waals surface area contributed by atoms with Crippen molar-refractivity contribution in [1.29, 1.82) is 0 Å². The fourth-order valence-corrected chi connectivity index (χ4v) is 6.58. The molecule has 340 valence electrons. The van der Waals surface area contributed by atoms with E-state index in [2.05, 4.69) is 98.9 Å². The van der Waals surface area contributed by atoms with Crippen molar-refractivity contribution in [3.05, 3.63) is 85.1 Å². The van der Waals surface area contributed by atoms with Crippen LogP contribution in [0.1, 0.15) is 168 Å². The number of nitrogens with zero attached hydrogens (tertiary/aromatic N) is 1.